The van der Waals surface area contributed by atoms with Gasteiger partial charge in [-0.15, -0.1) is 0 Å². The fourth-order valence-corrected chi connectivity index (χ4v) is 6.86. The fourth-order valence-electron chi connectivity index (χ4n) is 6.86. The Hall–Kier alpha value is -5.04. The second-order valence-corrected chi connectivity index (χ2v) is 11.4. The van der Waals surface area contributed by atoms with Crippen molar-refractivity contribution in [3.63, 3.8) is 0 Å². The number of nitrogens with two attached hydrogens (primary N) is 1. The molecule has 0 saturated heterocycles. The van der Waals surface area contributed by atoms with Crippen LogP contribution < -0.4 is 10.6 Å². The zero-order chi connectivity index (χ0) is 28.8. The van der Waals surface area contributed by atoms with Crippen LogP contribution in [-0.2, 0) is 5.41 Å². The van der Waals surface area contributed by atoms with Crippen LogP contribution in [0, 0.1) is 0 Å². The van der Waals surface area contributed by atoms with E-state index >= 15 is 0 Å². The highest BCUT2D eigenvalue weighted by Crippen LogP contribution is 2.51. The van der Waals surface area contributed by atoms with Gasteiger partial charge >= 0.3 is 0 Å². The van der Waals surface area contributed by atoms with Gasteiger partial charge in [0.1, 0.15) is 0 Å². The summed E-state index contributed by atoms with van der Waals surface area (Å²) in [6, 6.07) is 36.7. The number of fused-ring (bicyclic) bond motifs is 4. The lowest BCUT2D eigenvalue weighted by Crippen LogP contribution is -2.27. The zero-order valence-electron chi connectivity index (χ0n) is 24.2. The van der Waals surface area contributed by atoms with Gasteiger partial charge in [-0.1, -0.05) is 86.0 Å². The van der Waals surface area contributed by atoms with Crippen molar-refractivity contribution < 1.29 is 0 Å². The number of hydrogen-bond donors (Lipinski definition) is 1. The van der Waals surface area contributed by atoms with Gasteiger partial charge in [0.05, 0.1) is 11.2 Å². The number of aromatic nitrogens is 1. The van der Waals surface area contributed by atoms with Gasteiger partial charge < -0.3 is 15.2 Å². The Balaban J connectivity index is 1.48. The highest BCUT2D eigenvalue weighted by atomic mass is 15.2. The second-order valence-electron chi connectivity index (χ2n) is 11.4. The average Bonchev–Trinajstić information content (AvgIpc) is 3.46. The Morgan fingerprint density at radius 1 is 0.833 bits per heavy atom. The van der Waals surface area contributed by atoms with Gasteiger partial charge in [0, 0.05) is 51.7 Å². The summed E-state index contributed by atoms with van der Waals surface area (Å²) in [6.45, 7) is 7.34. The molecule has 1 heterocycles. The Kier molecular flexibility index (Phi) is 6.23. The molecule has 3 nitrogen and oxygen atoms in total. The van der Waals surface area contributed by atoms with Crippen LogP contribution in [0.3, 0.4) is 0 Å². The number of nitrogens with zero attached hydrogens (tertiary/aromatic N) is 2. The van der Waals surface area contributed by atoms with Crippen LogP contribution in [0.15, 0.2) is 132 Å². The molecule has 204 valence electrons. The molecule has 0 saturated carbocycles. The van der Waals surface area contributed by atoms with E-state index in [0.717, 1.165) is 39.5 Å². The van der Waals surface area contributed by atoms with Gasteiger partial charge in [0.15, 0.2) is 0 Å². The van der Waals surface area contributed by atoms with E-state index in [4.69, 9.17) is 5.73 Å². The number of rotatable bonds is 6. The summed E-state index contributed by atoms with van der Waals surface area (Å²) in [7, 11) is 0. The smallest absolute Gasteiger partial charge is 0.0631 e. The summed E-state index contributed by atoms with van der Waals surface area (Å²) >= 11 is 0. The van der Waals surface area contributed by atoms with Crippen molar-refractivity contribution >= 4 is 40.0 Å². The van der Waals surface area contributed by atoms with Crippen LogP contribution in [-0.4, -0.2) is 11.1 Å². The van der Waals surface area contributed by atoms with Crippen LogP contribution in [0.25, 0.3) is 34.3 Å². The van der Waals surface area contributed by atoms with E-state index in [-0.39, 0.29) is 5.41 Å². The molecule has 0 fully saturated rings. The van der Waals surface area contributed by atoms with Gasteiger partial charge in [-0.3, -0.25) is 0 Å². The van der Waals surface area contributed by atoms with Crippen LogP contribution in [0.1, 0.15) is 43.2 Å². The molecule has 5 aromatic rings. The molecule has 0 spiro atoms. The first kappa shape index (κ1) is 25.9. The van der Waals surface area contributed by atoms with Crippen LogP contribution in [0.2, 0.25) is 0 Å². The van der Waals surface area contributed by atoms with Crippen molar-refractivity contribution in [3.05, 3.63) is 154 Å². The lowest BCUT2D eigenvalue weighted by Gasteiger charge is -2.35. The minimum atomic E-state index is -0.188. The van der Waals surface area contributed by atoms with Crippen molar-refractivity contribution in [2.75, 3.05) is 11.4 Å². The zero-order valence-corrected chi connectivity index (χ0v) is 24.2. The molecular weight excluding hydrogens is 510 g/mol. The molecule has 4 aromatic carbocycles. The van der Waals surface area contributed by atoms with Crippen molar-refractivity contribution in [1.82, 2.24) is 4.57 Å². The van der Waals surface area contributed by atoms with Gasteiger partial charge in [0.2, 0.25) is 0 Å². The molecule has 0 aliphatic heterocycles. The molecule has 0 atom stereocenters. The topological polar surface area (TPSA) is 34.2 Å². The molecule has 0 amide bonds. The molecule has 2 aliphatic carbocycles. The van der Waals surface area contributed by atoms with Gasteiger partial charge in [0.25, 0.3) is 0 Å². The third kappa shape index (κ3) is 3.96. The van der Waals surface area contributed by atoms with E-state index in [1.165, 1.54) is 27.7 Å². The van der Waals surface area contributed by atoms with Crippen molar-refractivity contribution in [3.8, 4) is 5.69 Å². The van der Waals surface area contributed by atoms with E-state index < -0.39 is 0 Å². The quantitative estimate of drug-likeness (QED) is 0.213. The van der Waals surface area contributed by atoms with E-state index in [1.807, 2.05) is 12.2 Å². The number of para-hydroxylation sites is 2. The predicted molar refractivity (Wildman–Crippen MR) is 177 cm³/mol. The van der Waals surface area contributed by atoms with Crippen molar-refractivity contribution in [2.45, 2.75) is 26.2 Å². The summed E-state index contributed by atoms with van der Waals surface area (Å²) in [4.78, 5) is 2.38. The SMILES string of the molecule is CC1=C(/C(=C\CN)N(c2ccccc2)c2ccc3c(c2)c2c(n3-c3ccccc3)C=C=C=C2)C(C)(C)c2ccccc21. The third-order valence-corrected chi connectivity index (χ3v) is 8.64. The Labute approximate surface area is 247 Å². The normalized spacial score (nSPS) is 14.9. The highest BCUT2D eigenvalue weighted by molar-refractivity contribution is 5.99. The van der Waals surface area contributed by atoms with Crippen LogP contribution in [0.4, 0.5) is 11.4 Å². The van der Waals surface area contributed by atoms with Gasteiger partial charge in [-0.05, 0) is 83.8 Å². The summed E-state index contributed by atoms with van der Waals surface area (Å²) < 4.78 is 2.31. The predicted octanol–water partition coefficient (Wildman–Crippen LogP) is 9.17. The van der Waals surface area contributed by atoms with E-state index in [0.29, 0.717) is 6.54 Å². The minimum absolute atomic E-state index is 0.188. The standard InChI is InChI=1S/C39H33N3/c1-27-31-18-10-12-20-34(31)39(2,3)38(27)37(24-25-40)41(28-14-6-4-7-15-28)30-22-23-36-33(26-30)32-19-11-13-21-35(32)42(36)29-16-8-5-9-17-29/h4-10,12,14-24,26H,25,40H2,1-3H3/b37-24+. The number of benzene rings is 4. The molecular formula is C39H33N3. The molecule has 0 bridgehead atoms. The molecule has 2 N–H and O–H groups in total. The van der Waals surface area contributed by atoms with Crippen molar-refractivity contribution in [2.24, 2.45) is 5.73 Å². The lowest BCUT2D eigenvalue weighted by atomic mass is 9.79. The second kappa shape index (κ2) is 10.1. The summed E-state index contributed by atoms with van der Waals surface area (Å²) in [5, 5.41) is 1.17. The fraction of sp³-hybridized carbons (Fsp3) is 0.128. The molecule has 0 unspecified atom stereocenters. The number of hydrogen-bond acceptors (Lipinski definition) is 2. The lowest BCUT2D eigenvalue weighted by molar-refractivity contribution is 0.642. The molecule has 7 rings (SSSR count). The molecule has 0 radical (unpaired) electrons. The van der Waals surface area contributed by atoms with E-state index in [1.54, 1.807) is 0 Å². The maximum atomic E-state index is 6.33. The van der Waals surface area contributed by atoms with Gasteiger partial charge in [-0.2, -0.15) is 0 Å². The minimum Gasteiger partial charge on any atom is -0.327 e. The summed E-state index contributed by atoms with van der Waals surface area (Å²) in [5.74, 6) is 0. The number of allylic oxidation sites excluding steroid dienone is 2. The van der Waals surface area contributed by atoms with Crippen LogP contribution in [0.5, 0.6) is 0 Å². The highest BCUT2D eigenvalue weighted by Gasteiger charge is 2.39. The average molecular weight is 544 g/mol. The maximum Gasteiger partial charge on any atom is 0.0631 e. The van der Waals surface area contributed by atoms with Crippen molar-refractivity contribution in [1.29, 1.82) is 0 Å². The Morgan fingerprint density at radius 2 is 1.52 bits per heavy atom. The molecule has 42 heavy (non-hydrogen) atoms. The van der Waals surface area contributed by atoms with Gasteiger partial charge in [-0.25, -0.2) is 0 Å². The molecule has 1 aromatic heterocycles. The summed E-state index contributed by atoms with van der Waals surface area (Å²) in [5.41, 5.74) is 25.6. The Bertz CT molecular complexity index is 2010. The first-order valence-electron chi connectivity index (χ1n) is 14.5. The molecule has 2 aliphatic rings. The first-order valence-corrected chi connectivity index (χ1v) is 14.5. The first-order chi connectivity index (χ1) is 20.5. The largest absolute Gasteiger partial charge is 0.327 e. The van der Waals surface area contributed by atoms with E-state index in [2.05, 4.69) is 151 Å². The monoisotopic (exact) mass is 543 g/mol. The Morgan fingerprint density at radius 3 is 2.26 bits per heavy atom. The number of anilines is 2. The molecule has 3 heteroatoms. The van der Waals surface area contributed by atoms with Crippen LogP contribution >= 0.6 is 0 Å². The maximum absolute atomic E-state index is 6.33. The van der Waals surface area contributed by atoms with E-state index in [9.17, 15) is 0 Å². The third-order valence-electron chi connectivity index (χ3n) is 8.64. The summed E-state index contributed by atoms with van der Waals surface area (Å²) in [6.07, 6.45) is 6.26.